The molecule has 2 fully saturated rings. The highest BCUT2D eigenvalue weighted by Gasteiger charge is 2.39. The minimum Gasteiger partial charge on any atom is -0.481 e. The first-order valence-electron chi connectivity index (χ1n) is 7.62. The lowest BCUT2D eigenvalue weighted by atomic mass is 9.93. The SMILES string of the molecule is CC(C)(CNC(=O)C1CC(=O)N(C2CCCC2)C1)C(=O)O. The number of carbonyl (C=O) groups excluding carboxylic acids is 2. The van der Waals surface area contributed by atoms with Gasteiger partial charge in [-0.15, -0.1) is 0 Å². The molecule has 6 heteroatoms. The van der Waals surface area contributed by atoms with Crippen LogP contribution in [0.2, 0.25) is 0 Å². The first-order valence-corrected chi connectivity index (χ1v) is 7.62. The van der Waals surface area contributed by atoms with Crippen molar-refractivity contribution in [3.8, 4) is 0 Å². The van der Waals surface area contributed by atoms with Crippen molar-refractivity contribution in [2.24, 2.45) is 11.3 Å². The maximum absolute atomic E-state index is 12.1. The Kier molecular flexibility index (Phi) is 4.54. The van der Waals surface area contributed by atoms with E-state index >= 15 is 0 Å². The molecular formula is C15H24N2O4. The van der Waals surface area contributed by atoms with Gasteiger partial charge >= 0.3 is 5.97 Å². The number of rotatable bonds is 5. The number of carboxylic acid groups (broad SMARTS) is 1. The van der Waals surface area contributed by atoms with E-state index in [1.54, 1.807) is 13.8 Å². The summed E-state index contributed by atoms with van der Waals surface area (Å²) in [7, 11) is 0. The zero-order chi connectivity index (χ0) is 15.6. The lowest BCUT2D eigenvalue weighted by Gasteiger charge is -2.24. The zero-order valence-corrected chi connectivity index (χ0v) is 12.7. The molecule has 0 bridgehead atoms. The summed E-state index contributed by atoms with van der Waals surface area (Å²) in [6.07, 6.45) is 4.62. The van der Waals surface area contributed by atoms with E-state index < -0.39 is 11.4 Å². The molecule has 21 heavy (non-hydrogen) atoms. The third kappa shape index (κ3) is 3.54. The van der Waals surface area contributed by atoms with Gasteiger partial charge in [0.1, 0.15) is 0 Å². The smallest absolute Gasteiger partial charge is 0.310 e. The van der Waals surface area contributed by atoms with Crippen LogP contribution in [0.25, 0.3) is 0 Å². The Morgan fingerprint density at radius 2 is 1.95 bits per heavy atom. The van der Waals surface area contributed by atoms with Crippen molar-refractivity contribution in [1.29, 1.82) is 0 Å². The van der Waals surface area contributed by atoms with Gasteiger partial charge in [-0.25, -0.2) is 0 Å². The van der Waals surface area contributed by atoms with Crippen LogP contribution in [0.1, 0.15) is 46.0 Å². The number of aliphatic carboxylic acids is 1. The number of hydrogen-bond acceptors (Lipinski definition) is 3. The molecule has 0 aromatic heterocycles. The minimum atomic E-state index is -0.997. The van der Waals surface area contributed by atoms with E-state index in [1.165, 1.54) is 0 Å². The first kappa shape index (κ1) is 15.8. The standard InChI is InChI=1S/C15H24N2O4/c1-15(2,14(20)21)9-16-13(19)10-7-12(18)17(8-10)11-5-3-4-6-11/h10-11H,3-9H2,1-2H3,(H,16,19)(H,20,21). The van der Waals surface area contributed by atoms with Gasteiger partial charge in [-0.2, -0.15) is 0 Å². The second-order valence-corrected chi connectivity index (χ2v) is 6.79. The summed E-state index contributed by atoms with van der Waals surface area (Å²) in [6, 6.07) is 0.297. The van der Waals surface area contributed by atoms with Crippen molar-refractivity contribution in [3.05, 3.63) is 0 Å². The lowest BCUT2D eigenvalue weighted by molar-refractivity contribution is -0.147. The highest BCUT2D eigenvalue weighted by Crippen LogP contribution is 2.29. The molecule has 2 rings (SSSR count). The fraction of sp³-hybridized carbons (Fsp3) is 0.800. The maximum atomic E-state index is 12.1. The van der Waals surface area contributed by atoms with Crippen LogP contribution in [0.4, 0.5) is 0 Å². The number of hydrogen-bond donors (Lipinski definition) is 2. The summed E-state index contributed by atoms with van der Waals surface area (Å²) in [5, 5.41) is 11.7. The van der Waals surface area contributed by atoms with Crippen LogP contribution in [0.3, 0.4) is 0 Å². The van der Waals surface area contributed by atoms with Gasteiger partial charge in [0, 0.05) is 25.6 Å². The number of nitrogens with zero attached hydrogens (tertiary/aromatic N) is 1. The highest BCUT2D eigenvalue weighted by molar-refractivity contribution is 5.89. The van der Waals surface area contributed by atoms with Crippen molar-refractivity contribution in [1.82, 2.24) is 10.2 Å². The van der Waals surface area contributed by atoms with Gasteiger partial charge in [0.05, 0.1) is 11.3 Å². The molecule has 2 amide bonds. The summed E-state index contributed by atoms with van der Waals surface area (Å²) >= 11 is 0. The molecule has 0 spiro atoms. The largest absolute Gasteiger partial charge is 0.481 e. The van der Waals surface area contributed by atoms with Gasteiger partial charge in [0.15, 0.2) is 0 Å². The monoisotopic (exact) mass is 296 g/mol. The number of likely N-dealkylation sites (tertiary alicyclic amines) is 1. The minimum absolute atomic E-state index is 0.0551. The first-order chi connectivity index (χ1) is 9.81. The Balaban J connectivity index is 1.87. The van der Waals surface area contributed by atoms with Crippen molar-refractivity contribution in [2.45, 2.75) is 52.0 Å². The average molecular weight is 296 g/mol. The normalized spacial score (nSPS) is 23.6. The Bertz CT molecular complexity index is 441. The Morgan fingerprint density at radius 3 is 2.52 bits per heavy atom. The second-order valence-electron chi connectivity index (χ2n) is 6.79. The van der Waals surface area contributed by atoms with Crippen molar-refractivity contribution >= 4 is 17.8 Å². The van der Waals surface area contributed by atoms with E-state index in [4.69, 9.17) is 5.11 Å². The molecule has 0 aromatic rings. The Morgan fingerprint density at radius 1 is 1.33 bits per heavy atom. The van der Waals surface area contributed by atoms with Crippen molar-refractivity contribution in [2.75, 3.05) is 13.1 Å². The van der Waals surface area contributed by atoms with Crippen molar-refractivity contribution < 1.29 is 19.5 Å². The summed E-state index contributed by atoms with van der Waals surface area (Å²) in [6.45, 7) is 3.69. The second kappa shape index (κ2) is 6.03. The van der Waals surface area contributed by atoms with Crippen LogP contribution < -0.4 is 5.32 Å². The lowest BCUT2D eigenvalue weighted by Crippen LogP contribution is -2.42. The van der Waals surface area contributed by atoms with Crippen LogP contribution in [-0.4, -0.2) is 46.9 Å². The van der Waals surface area contributed by atoms with Crippen LogP contribution in [-0.2, 0) is 14.4 Å². The molecule has 6 nitrogen and oxygen atoms in total. The molecule has 1 aliphatic carbocycles. The summed E-state index contributed by atoms with van der Waals surface area (Å²) in [5.41, 5.74) is -0.997. The van der Waals surface area contributed by atoms with Gasteiger partial charge in [-0.3, -0.25) is 14.4 Å². The summed E-state index contributed by atoms with van der Waals surface area (Å²) in [5.74, 6) is -1.45. The van der Waals surface area contributed by atoms with Crippen LogP contribution in [0.5, 0.6) is 0 Å². The third-order valence-electron chi connectivity index (χ3n) is 4.58. The molecule has 2 N–H and O–H groups in total. The van der Waals surface area contributed by atoms with Gasteiger partial charge in [-0.1, -0.05) is 12.8 Å². The average Bonchev–Trinajstić information content (AvgIpc) is 3.04. The van der Waals surface area contributed by atoms with Gasteiger partial charge < -0.3 is 15.3 Å². The van der Waals surface area contributed by atoms with E-state index in [-0.39, 0.29) is 30.7 Å². The number of carbonyl (C=O) groups is 3. The molecule has 1 aliphatic heterocycles. The Labute approximate surface area is 124 Å². The molecule has 1 atom stereocenters. The van der Waals surface area contributed by atoms with Gasteiger partial charge in [0.25, 0.3) is 0 Å². The molecule has 1 heterocycles. The third-order valence-corrected chi connectivity index (χ3v) is 4.58. The number of nitrogens with one attached hydrogen (secondary N) is 1. The summed E-state index contributed by atoms with van der Waals surface area (Å²) in [4.78, 5) is 37.0. The molecule has 1 saturated heterocycles. The van der Waals surface area contributed by atoms with E-state index in [9.17, 15) is 14.4 Å². The van der Waals surface area contributed by atoms with Crippen LogP contribution in [0, 0.1) is 11.3 Å². The van der Waals surface area contributed by atoms with Gasteiger partial charge in [0.2, 0.25) is 11.8 Å². The highest BCUT2D eigenvalue weighted by atomic mass is 16.4. The predicted molar refractivity (Wildman–Crippen MR) is 76.5 cm³/mol. The van der Waals surface area contributed by atoms with E-state index in [0.717, 1.165) is 25.7 Å². The number of carboxylic acids is 1. The van der Waals surface area contributed by atoms with Gasteiger partial charge in [-0.05, 0) is 26.7 Å². The number of amides is 2. The maximum Gasteiger partial charge on any atom is 0.310 e. The molecule has 118 valence electrons. The fourth-order valence-electron chi connectivity index (χ4n) is 3.00. The quantitative estimate of drug-likeness (QED) is 0.792. The molecule has 1 saturated carbocycles. The molecule has 2 aliphatic rings. The van der Waals surface area contributed by atoms with Crippen molar-refractivity contribution in [3.63, 3.8) is 0 Å². The van der Waals surface area contributed by atoms with Crippen LogP contribution in [0.15, 0.2) is 0 Å². The summed E-state index contributed by atoms with van der Waals surface area (Å²) < 4.78 is 0. The van der Waals surface area contributed by atoms with E-state index in [0.29, 0.717) is 12.6 Å². The molecule has 0 radical (unpaired) electrons. The Hall–Kier alpha value is -1.59. The molecular weight excluding hydrogens is 272 g/mol. The fourth-order valence-corrected chi connectivity index (χ4v) is 3.00. The van der Waals surface area contributed by atoms with E-state index in [1.807, 2.05) is 4.90 Å². The zero-order valence-electron chi connectivity index (χ0n) is 12.7. The molecule has 1 unspecified atom stereocenters. The van der Waals surface area contributed by atoms with Crippen LogP contribution >= 0.6 is 0 Å². The van der Waals surface area contributed by atoms with E-state index in [2.05, 4.69) is 5.32 Å². The molecule has 0 aromatic carbocycles. The topological polar surface area (TPSA) is 86.7 Å². The predicted octanol–water partition coefficient (Wildman–Crippen LogP) is 1.00.